The molecule has 2 rings (SSSR count). The standard InChI is InChI=1S/C18H25N3O4/c1-4-6-11-19-16(22)9-10-17-20-18(21-25-17)13-7-8-14(24-5-2)15(12-13)23-3/h7-8,12H,4-6,9-11H2,1-3H3,(H,19,22). The zero-order chi connectivity index (χ0) is 18.1. The van der Waals surface area contributed by atoms with Gasteiger partial charge in [-0.15, -0.1) is 0 Å². The van der Waals surface area contributed by atoms with Crippen molar-refractivity contribution in [2.75, 3.05) is 20.3 Å². The second-order valence-electron chi connectivity index (χ2n) is 5.51. The van der Waals surface area contributed by atoms with E-state index >= 15 is 0 Å². The summed E-state index contributed by atoms with van der Waals surface area (Å²) in [4.78, 5) is 16.1. The van der Waals surface area contributed by atoms with Crippen LogP contribution >= 0.6 is 0 Å². The fourth-order valence-electron chi connectivity index (χ4n) is 2.27. The van der Waals surface area contributed by atoms with E-state index in [0.717, 1.165) is 18.4 Å². The number of methoxy groups -OCH3 is 1. The summed E-state index contributed by atoms with van der Waals surface area (Å²) in [5.41, 5.74) is 0.766. The summed E-state index contributed by atoms with van der Waals surface area (Å²) in [6.07, 6.45) is 2.78. The molecule has 0 spiro atoms. The largest absolute Gasteiger partial charge is 0.493 e. The Morgan fingerprint density at radius 2 is 2.12 bits per heavy atom. The van der Waals surface area contributed by atoms with Gasteiger partial charge >= 0.3 is 0 Å². The lowest BCUT2D eigenvalue weighted by atomic mass is 10.2. The summed E-state index contributed by atoms with van der Waals surface area (Å²) in [6.45, 7) is 5.26. The van der Waals surface area contributed by atoms with Crippen molar-refractivity contribution in [2.24, 2.45) is 0 Å². The Morgan fingerprint density at radius 1 is 1.28 bits per heavy atom. The number of hydrogen-bond acceptors (Lipinski definition) is 6. The molecule has 1 aromatic heterocycles. The van der Waals surface area contributed by atoms with Crippen LogP contribution in [0.4, 0.5) is 0 Å². The summed E-state index contributed by atoms with van der Waals surface area (Å²) >= 11 is 0. The highest BCUT2D eigenvalue weighted by Crippen LogP contribution is 2.31. The number of hydrogen-bond donors (Lipinski definition) is 1. The molecule has 7 nitrogen and oxygen atoms in total. The highest BCUT2D eigenvalue weighted by molar-refractivity contribution is 5.76. The molecule has 2 aromatic rings. The lowest BCUT2D eigenvalue weighted by molar-refractivity contribution is -0.121. The molecule has 1 amide bonds. The fourth-order valence-corrected chi connectivity index (χ4v) is 2.27. The molecule has 0 atom stereocenters. The lowest BCUT2D eigenvalue weighted by Gasteiger charge is -2.09. The number of aryl methyl sites for hydroxylation is 1. The molecule has 0 aliphatic rings. The Kier molecular flexibility index (Phi) is 7.25. The first-order valence-electron chi connectivity index (χ1n) is 8.58. The predicted molar refractivity (Wildman–Crippen MR) is 93.7 cm³/mol. The van der Waals surface area contributed by atoms with Crippen molar-refractivity contribution in [1.29, 1.82) is 0 Å². The van der Waals surface area contributed by atoms with Gasteiger partial charge in [-0.1, -0.05) is 18.5 Å². The van der Waals surface area contributed by atoms with E-state index in [2.05, 4.69) is 22.4 Å². The molecule has 1 N–H and O–H groups in total. The van der Waals surface area contributed by atoms with Gasteiger partial charge in [0.1, 0.15) is 0 Å². The quantitative estimate of drug-likeness (QED) is 0.665. The van der Waals surface area contributed by atoms with Crippen LogP contribution in [-0.2, 0) is 11.2 Å². The Morgan fingerprint density at radius 3 is 2.84 bits per heavy atom. The van der Waals surface area contributed by atoms with Gasteiger partial charge in [0.05, 0.1) is 13.7 Å². The molecule has 7 heteroatoms. The van der Waals surface area contributed by atoms with Crippen molar-refractivity contribution in [3.63, 3.8) is 0 Å². The highest BCUT2D eigenvalue weighted by atomic mass is 16.5. The first-order valence-corrected chi connectivity index (χ1v) is 8.58. The maximum absolute atomic E-state index is 11.7. The molecule has 0 radical (unpaired) electrons. The van der Waals surface area contributed by atoms with E-state index in [9.17, 15) is 4.79 Å². The van der Waals surface area contributed by atoms with E-state index in [4.69, 9.17) is 14.0 Å². The molecule has 1 heterocycles. The van der Waals surface area contributed by atoms with E-state index in [-0.39, 0.29) is 5.91 Å². The Balaban J connectivity index is 1.97. The van der Waals surface area contributed by atoms with E-state index < -0.39 is 0 Å². The van der Waals surface area contributed by atoms with Crippen molar-refractivity contribution in [1.82, 2.24) is 15.5 Å². The van der Waals surface area contributed by atoms with Crippen LogP contribution in [0.2, 0.25) is 0 Å². The van der Waals surface area contributed by atoms with Crippen molar-refractivity contribution < 1.29 is 18.8 Å². The lowest BCUT2D eigenvalue weighted by Crippen LogP contribution is -2.24. The molecular weight excluding hydrogens is 322 g/mol. The van der Waals surface area contributed by atoms with Crippen molar-refractivity contribution in [3.8, 4) is 22.9 Å². The van der Waals surface area contributed by atoms with Crippen molar-refractivity contribution in [3.05, 3.63) is 24.1 Å². The first kappa shape index (κ1) is 18.8. The van der Waals surface area contributed by atoms with Crippen molar-refractivity contribution >= 4 is 5.91 Å². The minimum Gasteiger partial charge on any atom is -0.493 e. The summed E-state index contributed by atoms with van der Waals surface area (Å²) in [5.74, 6) is 2.18. The average Bonchev–Trinajstić information content (AvgIpc) is 3.10. The SMILES string of the molecule is CCCCNC(=O)CCc1nc(-c2ccc(OCC)c(OC)c2)no1. The number of nitrogens with zero attached hydrogens (tertiary/aromatic N) is 2. The second kappa shape index (κ2) is 9.66. The molecule has 0 aliphatic heterocycles. The summed E-state index contributed by atoms with van der Waals surface area (Å²) < 4.78 is 16.1. The minimum atomic E-state index is -0.00376. The van der Waals surface area contributed by atoms with Gasteiger partial charge in [-0.25, -0.2) is 0 Å². The minimum absolute atomic E-state index is 0.00376. The van der Waals surface area contributed by atoms with Gasteiger partial charge in [-0.05, 0) is 31.5 Å². The van der Waals surface area contributed by atoms with Crippen LogP contribution in [0, 0.1) is 0 Å². The Bertz CT molecular complexity index is 685. The van der Waals surface area contributed by atoms with Crippen LogP contribution in [0.1, 0.15) is 39.0 Å². The predicted octanol–water partition coefficient (Wildman–Crippen LogP) is 2.99. The monoisotopic (exact) mass is 347 g/mol. The number of nitrogens with one attached hydrogen (secondary N) is 1. The number of carbonyl (C=O) groups excluding carboxylic acids is 1. The van der Waals surface area contributed by atoms with E-state index in [1.807, 2.05) is 19.1 Å². The van der Waals surface area contributed by atoms with Crippen LogP contribution in [0.15, 0.2) is 22.7 Å². The molecule has 25 heavy (non-hydrogen) atoms. The number of carbonyl (C=O) groups is 1. The fraction of sp³-hybridized carbons (Fsp3) is 0.500. The molecule has 0 saturated heterocycles. The van der Waals surface area contributed by atoms with Gasteiger partial charge in [0.2, 0.25) is 17.6 Å². The Hall–Kier alpha value is -2.57. The van der Waals surface area contributed by atoms with E-state index in [0.29, 0.717) is 49.2 Å². The molecule has 1 aromatic carbocycles. The average molecular weight is 347 g/mol. The molecule has 0 fully saturated rings. The van der Waals surface area contributed by atoms with Crippen LogP contribution in [-0.4, -0.2) is 36.3 Å². The number of unbranched alkanes of at least 4 members (excludes halogenated alkanes) is 1. The van der Waals surface area contributed by atoms with Crippen LogP contribution < -0.4 is 14.8 Å². The molecule has 0 aliphatic carbocycles. The topological polar surface area (TPSA) is 86.5 Å². The van der Waals surface area contributed by atoms with Crippen molar-refractivity contribution in [2.45, 2.75) is 39.5 Å². The van der Waals surface area contributed by atoms with Gasteiger partial charge < -0.3 is 19.3 Å². The van der Waals surface area contributed by atoms with Gasteiger partial charge in [0.25, 0.3) is 0 Å². The molecule has 0 unspecified atom stereocenters. The second-order valence-corrected chi connectivity index (χ2v) is 5.51. The van der Waals surface area contributed by atoms with Gasteiger partial charge in [-0.2, -0.15) is 4.98 Å². The number of rotatable bonds is 10. The highest BCUT2D eigenvalue weighted by Gasteiger charge is 2.13. The van der Waals surface area contributed by atoms with Crippen LogP contribution in [0.5, 0.6) is 11.5 Å². The zero-order valence-corrected chi connectivity index (χ0v) is 15.0. The zero-order valence-electron chi connectivity index (χ0n) is 15.0. The smallest absolute Gasteiger partial charge is 0.227 e. The maximum atomic E-state index is 11.7. The number of ether oxygens (including phenoxy) is 2. The van der Waals surface area contributed by atoms with Crippen LogP contribution in [0.25, 0.3) is 11.4 Å². The third-order valence-electron chi connectivity index (χ3n) is 3.61. The van der Waals surface area contributed by atoms with Crippen LogP contribution in [0.3, 0.4) is 0 Å². The number of aromatic nitrogens is 2. The summed E-state index contributed by atoms with van der Waals surface area (Å²) in [6, 6.07) is 5.46. The molecule has 136 valence electrons. The number of amides is 1. The van der Waals surface area contributed by atoms with E-state index in [1.165, 1.54) is 0 Å². The molecule has 0 saturated carbocycles. The van der Waals surface area contributed by atoms with Gasteiger partial charge in [0, 0.05) is 24.9 Å². The van der Waals surface area contributed by atoms with E-state index in [1.54, 1.807) is 13.2 Å². The molecular formula is C18H25N3O4. The maximum Gasteiger partial charge on any atom is 0.227 e. The van der Waals surface area contributed by atoms with Gasteiger partial charge in [-0.3, -0.25) is 4.79 Å². The normalized spacial score (nSPS) is 10.5. The van der Waals surface area contributed by atoms with Gasteiger partial charge in [0.15, 0.2) is 11.5 Å². The summed E-state index contributed by atoms with van der Waals surface area (Å²) in [5, 5.41) is 6.84. The molecule has 0 bridgehead atoms. The third kappa shape index (κ3) is 5.48. The Labute approximate surface area is 147 Å². The first-order chi connectivity index (χ1) is 12.2. The summed E-state index contributed by atoms with van der Waals surface area (Å²) in [7, 11) is 1.58. The number of benzene rings is 1. The third-order valence-corrected chi connectivity index (χ3v) is 3.61.